The van der Waals surface area contributed by atoms with Crippen molar-refractivity contribution >= 4 is 18.4 Å². The van der Waals surface area contributed by atoms with Gasteiger partial charge < -0.3 is 10.1 Å². The van der Waals surface area contributed by atoms with Crippen LogP contribution in [0.15, 0.2) is 24.3 Å². The molecule has 2 unspecified atom stereocenters. The van der Waals surface area contributed by atoms with Gasteiger partial charge in [0.2, 0.25) is 0 Å². The third-order valence-corrected chi connectivity index (χ3v) is 4.41. The molecule has 2 atom stereocenters. The van der Waals surface area contributed by atoms with E-state index in [4.69, 9.17) is 4.74 Å². The van der Waals surface area contributed by atoms with Crippen LogP contribution in [-0.2, 0) is 10.3 Å². The van der Waals surface area contributed by atoms with Crippen molar-refractivity contribution < 1.29 is 9.53 Å². The molecule has 3 nitrogen and oxygen atoms in total. The summed E-state index contributed by atoms with van der Waals surface area (Å²) in [4.78, 5) is 11.9. The van der Waals surface area contributed by atoms with Gasteiger partial charge in [-0.15, -0.1) is 12.4 Å². The first-order valence-electron chi connectivity index (χ1n) is 6.36. The number of ether oxygens (including phenoxy) is 1. The summed E-state index contributed by atoms with van der Waals surface area (Å²) in [7, 11) is 0. The summed E-state index contributed by atoms with van der Waals surface area (Å²) in [6.45, 7) is 0. The second-order valence-electron chi connectivity index (χ2n) is 5.48. The van der Waals surface area contributed by atoms with Crippen LogP contribution in [0.4, 0.5) is 0 Å². The van der Waals surface area contributed by atoms with Crippen molar-refractivity contribution in [2.45, 2.75) is 43.4 Å². The van der Waals surface area contributed by atoms with Gasteiger partial charge in [-0.05, 0) is 18.9 Å². The molecule has 2 saturated heterocycles. The summed E-state index contributed by atoms with van der Waals surface area (Å²) in [5, 5.41) is 3.60. The van der Waals surface area contributed by atoms with Crippen LogP contribution in [0.3, 0.4) is 0 Å². The average Bonchev–Trinajstić information content (AvgIpc) is 2.80. The number of nitrogens with one attached hydrogen (secondary N) is 1. The molecule has 0 saturated carbocycles. The molecule has 96 valence electrons. The fraction of sp³-hybridized carbons (Fsp3) is 0.500. The highest BCUT2D eigenvalue weighted by molar-refractivity contribution is 5.94. The van der Waals surface area contributed by atoms with E-state index in [1.807, 2.05) is 18.2 Å². The zero-order chi connectivity index (χ0) is 11.5. The third kappa shape index (κ3) is 1.50. The number of esters is 1. The van der Waals surface area contributed by atoms with E-state index in [9.17, 15) is 4.79 Å². The Morgan fingerprint density at radius 2 is 1.83 bits per heavy atom. The minimum atomic E-state index is -0.329. The van der Waals surface area contributed by atoms with Crippen LogP contribution in [0.2, 0.25) is 0 Å². The summed E-state index contributed by atoms with van der Waals surface area (Å²) >= 11 is 0. The molecule has 3 heterocycles. The molecule has 4 rings (SSSR count). The summed E-state index contributed by atoms with van der Waals surface area (Å²) in [5.41, 5.74) is 1.56. The first kappa shape index (κ1) is 12.0. The molecule has 0 radical (unpaired) electrons. The molecule has 18 heavy (non-hydrogen) atoms. The number of hydrogen-bond donors (Lipinski definition) is 1. The normalized spacial score (nSPS) is 36.1. The van der Waals surface area contributed by atoms with Crippen LogP contribution >= 0.6 is 12.4 Å². The minimum Gasteiger partial charge on any atom is -0.450 e. The van der Waals surface area contributed by atoms with Crippen molar-refractivity contribution in [2.24, 2.45) is 0 Å². The van der Waals surface area contributed by atoms with E-state index in [0.29, 0.717) is 12.1 Å². The summed E-state index contributed by atoms with van der Waals surface area (Å²) in [6.07, 6.45) is 4.30. The molecule has 1 spiro atoms. The van der Waals surface area contributed by atoms with Crippen molar-refractivity contribution in [1.82, 2.24) is 5.32 Å². The van der Waals surface area contributed by atoms with Crippen molar-refractivity contribution in [3.63, 3.8) is 0 Å². The molecular weight excluding hydrogens is 250 g/mol. The van der Waals surface area contributed by atoms with E-state index in [-0.39, 0.29) is 24.0 Å². The van der Waals surface area contributed by atoms with E-state index in [0.717, 1.165) is 24.0 Å². The van der Waals surface area contributed by atoms with Crippen LogP contribution < -0.4 is 5.32 Å². The number of carbonyl (C=O) groups is 1. The van der Waals surface area contributed by atoms with Crippen molar-refractivity contribution in [2.75, 3.05) is 0 Å². The van der Waals surface area contributed by atoms with E-state index < -0.39 is 0 Å². The Balaban J connectivity index is 0.000001000. The monoisotopic (exact) mass is 265 g/mol. The summed E-state index contributed by atoms with van der Waals surface area (Å²) < 4.78 is 5.76. The first-order chi connectivity index (χ1) is 8.27. The van der Waals surface area contributed by atoms with Gasteiger partial charge in [0.25, 0.3) is 0 Å². The van der Waals surface area contributed by atoms with Crippen LogP contribution in [0, 0.1) is 0 Å². The number of fused-ring (bicyclic) bond motifs is 4. The lowest BCUT2D eigenvalue weighted by atomic mass is 9.81. The fourth-order valence-corrected chi connectivity index (χ4v) is 3.75. The molecular formula is C14H16ClNO2. The van der Waals surface area contributed by atoms with Gasteiger partial charge in [-0.3, -0.25) is 0 Å². The van der Waals surface area contributed by atoms with Crippen LogP contribution in [0.1, 0.15) is 41.6 Å². The number of halogens is 1. The first-order valence-corrected chi connectivity index (χ1v) is 6.36. The number of hydrogen-bond acceptors (Lipinski definition) is 3. The predicted octanol–water partition coefficient (Wildman–Crippen LogP) is 2.39. The third-order valence-electron chi connectivity index (χ3n) is 4.41. The summed E-state index contributed by atoms with van der Waals surface area (Å²) in [6, 6.07) is 8.91. The highest BCUT2D eigenvalue weighted by Gasteiger charge is 2.52. The Labute approximate surface area is 112 Å². The van der Waals surface area contributed by atoms with Crippen LogP contribution in [-0.4, -0.2) is 18.1 Å². The Morgan fingerprint density at radius 1 is 1.17 bits per heavy atom. The number of benzene rings is 1. The van der Waals surface area contributed by atoms with Gasteiger partial charge in [0.1, 0.15) is 5.60 Å². The molecule has 3 aliphatic rings. The Kier molecular flexibility index (Phi) is 2.65. The Hall–Kier alpha value is -1.06. The summed E-state index contributed by atoms with van der Waals surface area (Å²) in [5.74, 6) is -0.137. The lowest BCUT2D eigenvalue weighted by Gasteiger charge is -2.37. The van der Waals surface area contributed by atoms with Gasteiger partial charge in [0, 0.05) is 30.5 Å². The molecule has 0 aromatic heterocycles. The molecule has 0 aliphatic carbocycles. The number of rotatable bonds is 0. The zero-order valence-electron chi connectivity index (χ0n) is 10.0. The Bertz CT molecular complexity index is 490. The number of piperidine rings is 1. The van der Waals surface area contributed by atoms with Crippen molar-refractivity contribution in [3.05, 3.63) is 35.4 Å². The lowest BCUT2D eigenvalue weighted by Crippen LogP contribution is -2.46. The predicted molar refractivity (Wildman–Crippen MR) is 70.0 cm³/mol. The van der Waals surface area contributed by atoms with E-state index in [1.165, 1.54) is 12.8 Å². The molecule has 3 aliphatic heterocycles. The van der Waals surface area contributed by atoms with Gasteiger partial charge in [0.15, 0.2) is 0 Å². The maximum Gasteiger partial charge on any atom is 0.339 e. The second kappa shape index (κ2) is 3.97. The highest BCUT2D eigenvalue weighted by atomic mass is 35.5. The van der Waals surface area contributed by atoms with Gasteiger partial charge in [-0.25, -0.2) is 4.79 Å². The molecule has 1 aromatic rings. The van der Waals surface area contributed by atoms with Gasteiger partial charge in [-0.1, -0.05) is 18.2 Å². The Morgan fingerprint density at radius 3 is 2.56 bits per heavy atom. The van der Waals surface area contributed by atoms with Gasteiger partial charge in [0.05, 0.1) is 5.56 Å². The van der Waals surface area contributed by atoms with E-state index in [2.05, 4.69) is 11.4 Å². The second-order valence-corrected chi connectivity index (χ2v) is 5.48. The molecule has 4 heteroatoms. The zero-order valence-corrected chi connectivity index (χ0v) is 10.8. The van der Waals surface area contributed by atoms with Crippen molar-refractivity contribution in [3.8, 4) is 0 Å². The molecule has 2 bridgehead atoms. The SMILES string of the molecule is Cl.O=C1OC2(CC3CCC(C2)N3)c2ccccc21. The van der Waals surface area contributed by atoms with Gasteiger partial charge in [-0.2, -0.15) is 0 Å². The average molecular weight is 266 g/mol. The van der Waals surface area contributed by atoms with Crippen LogP contribution in [0.5, 0.6) is 0 Å². The van der Waals surface area contributed by atoms with E-state index in [1.54, 1.807) is 0 Å². The minimum absolute atomic E-state index is 0. The number of carbonyl (C=O) groups excluding carboxylic acids is 1. The molecule has 1 N–H and O–H groups in total. The van der Waals surface area contributed by atoms with Gasteiger partial charge >= 0.3 is 5.97 Å². The topological polar surface area (TPSA) is 38.3 Å². The standard InChI is InChI=1S/C14H15NO2.ClH/c16-13-11-3-1-2-4-12(11)14(17-13)7-9-5-6-10(8-14)15-9;/h1-4,9-10,15H,5-8H2;1H. The maximum atomic E-state index is 11.9. The smallest absolute Gasteiger partial charge is 0.339 e. The van der Waals surface area contributed by atoms with E-state index >= 15 is 0 Å². The highest BCUT2D eigenvalue weighted by Crippen LogP contribution is 2.48. The van der Waals surface area contributed by atoms with Crippen molar-refractivity contribution in [1.29, 1.82) is 0 Å². The largest absolute Gasteiger partial charge is 0.450 e. The van der Waals surface area contributed by atoms with Crippen LogP contribution in [0.25, 0.3) is 0 Å². The maximum absolute atomic E-state index is 11.9. The fourth-order valence-electron chi connectivity index (χ4n) is 3.75. The molecule has 2 fully saturated rings. The quantitative estimate of drug-likeness (QED) is 0.732. The molecule has 1 aromatic carbocycles. The lowest BCUT2D eigenvalue weighted by molar-refractivity contribution is -0.0342. The molecule has 0 amide bonds.